The van der Waals surface area contributed by atoms with E-state index in [1.54, 1.807) is 24.1 Å². The zero-order chi connectivity index (χ0) is 26.5. The summed E-state index contributed by atoms with van der Waals surface area (Å²) in [5.74, 6) is -0.182. The molecule has 0 aliphatic carbocycles. The van der Waals surface area contributed by atoms with Crippen LogP contribution >= 0.6 is 11.3 Å². The quantitative estimate of drug-likeness (QED) is 0.317. The van der Waals surface area contributed by atoms with Gasteiger partial charge in [-0.2, -0.15) is 0 Å². The second-order valence-electron chi connectivity index (χ2n) is 9.04. The Bertz CT molecular complexity index is 1280. The molecule has 0 saturated heterocycles. The molecule has 196 valence electrons. The predicted molar refractivity (Wildman–Crippen MR) is 150 cm³/mol. The molecule has 0 unspecified atom stereocenters. The van der Waals surface area contributed by atoms with Gasteiger partial charge in [-0.25, -0.2) is 17.7 Å². The molecule has 0 radical (unpaired) electrons. The van der Waals surface area contributed by atoms with Gasteiger partial charge in [0.05, 0.1) is 15.1 Å². The van der Waals surface area contributed by atoms with Gasteiger partial charge in [-0.3, -0.25) is 9.69 Å². The van der Waals surface area contributed by atoms with E-state index in [4.69, 9.17) is 4.98 Å². The van der Waals surface area contributed by atoms with Crippen LogP contribution in [0.25, 0.3) is 10.2 Å². The summed E-state index contributed by atoms with van der Waals surface area (Å²) in [6.07, 6.45) is 1.72. The average molecular weight is 531 g/mol. The second-order valence-corrected chi connectivity index (χ2v) is 12.1. The zero-order valence-corrected chi connectivity index (χ0v) is 23.9. The monoisotopic (exact) mass is 530 g/mol. The molecule has 1 aromatic heterocycles. The maximum atomic E-state index is 13.7. The van der Waals surface area contributed by atoms with Gasteiger partial charge < -0.3 is 4.90 Å². The SMILES string of the molecule is CCCCN(C)S(=O)(=O)c1ccc(C(=O)N(CCN(CC)CC)c2nc3c(C)c(C)ccc3s2)cc1. The molecule has 3 aromatic rings. The fraction of sp³-hybridized carbons (Fsp3) is 0.481. The highest BCUT2D eigenvalue weighted by molar-refractivity contribution is 7.89. The van der Waals surface area contributed by atoms with Crippen LogP contribution in [0.2, 0.25) is 0 Å². The van der Waals surface area contributed by atoms with E-state index in [2.05, 4.69) is 44.7 Å². The number of fused-ring (bicyclic) bond motifs is 1. The van der Waals surface area contributed by atoms with Gasteiger partial charge >= 0.3 is 0 Å². The number of anilines is 1. The first-order chi connectivity index (χ1) is 17.1. The van der Waals surface area contributed by atoms with Crippen LogP contribution in [-0.2, 0) is 10.0 Å². The van der Waals surface area contributed by atoms with Gasteiger partial charge in [0.2, 0.25) is 10.0 Å². The number of carbonyl (C=O) groups excluding carboxylic acids is 1. The minimum atomic E-state index is -3.59. The second kappa shape index (κ2) is 12.3. The van der Waals surface area contributed by atoms with Crippen LogP contribution in [0, 0.1) is 13.8 Å². The lowest BCUT2D eigenvalue weighted by atomic mass is 10.1. The van der Waals surface area contributed by atoms with Crippen molar-refractivity contribution >= 4 is 42.6 Å². The maximum Gasteiger partial charge on any atom is 0.260 e. The maximum absolute atomic E-state index is 13.7. The average Bonchev–Trinajstić information content (AvgIpc) is 3.32. The minimum absolute atomic E-state index is 0.182. The third-order valence-electron chi connectivity index (χ3n) is 6.72. The number of amides is 1. The van der Waals surface area contributed by atoms with Gasteiger partial charge in [-0.1, -0.05) is 44.6 Å². The Morgan fingerprint density at radius 3 is 2.22 bits per heavy atom. The summed E-state index contributed by atoms with van der Waals surface area (Å²) in [6, 6.07) is 10.4. The van der Waals surface area contributed by atoms with Crippen LogP contribution < -0.4 is 4.90 Å². The lowest BCUT2D eigenvalue weighted by molar-refractivity contribution is 0.0983. The van der Waals surface area contributed by atoms with E-state index in [9.17, 15) is 13.2 Å². The van der Waals surface area contributed by atoms with Crippen molar-refractivity contribution in [3.8, 4) is 0 Å². The number of sulfonamides is 1. The molecule has 2 aromatic carbocycles. The molecule has 7 nitrogen and oxygen atoms in total. The summed E-state index contributed by atoms with van der Waals surface area (Å²) in [5.41, 5.74) is 3.65. The number of unbranched alkanes of at least 4 members (excludes halogenated alkanes) is 1. The fourth-order valence-electron chi connectivity index (χ4n) is 4.00. The first kappa shape index (κ1) is 28.2. The molecule has 0 bridgehead atoms. The highest BCUT2D eigenvalue weighted by Gasteiger charge is 2.24. The van der Waals surface area contributed by atoms with Gasteiger partial charge in [0.15, 0.2) is 5.13 Å². The third-order valence-corrected chi connectivity index (χ3v) is 9.63. The Labute approximate surface area is 219 Å². The summed E-state index contributed by atoms with van der Waals surface area (Å²) in [7, 11) is -2.00. The van der Waals surface area contributed by atoms with Crippen LogP contribution in [0.1, 0.15) is 55.1 Å². The van der Waals surface area contributed by atoms with E-state index in [0.29, 0.717) is 23.8 Å². The molecule has 0 N–H and O–H groups in total. The molecule has 36 heavy (non-hydrogen) atoms. The van der Waals surface area contributed by atoms with Crippen molar-refractivity contribution in [3.63, 3.8) is 0 Å². The number of carbonyl (C=O) groups is 1. The number of hydrogen-bond acceptors (Lipinski definition) is 6. The van der Waals surface area contributed by atoms with Crippen molar-refractivity contribution in [3.05, 3.63) is 53.1 Å². The third kappa shape index (κ3) is 6.14. The normalized spacial score (nSPS) is 12.1. The molecular formula is C27H38N4O3S2. The molecule has 0 fully saturated rings. The Balaban J connectivity index is 1.93. The Hall–Kier alpha value is -2.33. The molecular weight excluding hydrogens is 492 g/mol. The Morgan fingerprint density at radius 2 is 1.61 bits per heavy atom. The first-order valence-corrected chi connectivity index (χ1v) is 14.9. The number of rotatable bonds is 12. The highest BCUT2D eigenvalue weighted by Crippen LogP contribution is 2.32. The molecule has 0 aliphatic rings. The molecule has 0 saturated carbocycles. The summed E-state index contributed by atoms with van der Waals surface area (Å²) < 4.78 is 28.2. The van der Waals surface area contributed by atoms with Crippen LogP contribution in [0.5, 0.6) is 0 Å². The molecule has 1 amide bonds. The molecule has 0 aliphatic heterocycles. The number of nitrogens with zero attached hydrogens (tertiary/aromatic N) is 4. The van der Waals surface area contributed by atoms with E-state index >= 15 is 0 Å². The van der Waals surface area contributed by atoms with Crippen LogP contribution in [0.15, 0.2) is 41.3 Å². The molecule has 0 atom stereocenters. The lowest BCUT2D eigenvalue weighted by Gasteiger charge is -2.25. The van der Waals surface area contributed by atoms with Crippen molar-refractivity contribution in [1.82, 2.24) is 14.2 Å². The van der Waals surface area contributed by atoms with Gasteiger partial charge in [0.25, 0.3) is 5.91 Å². The van der Waals surface area contributed by atoms with Gasteiger partial charge in [-0.15, -0.1) is 0 Å². The van der Waals surface area contributed by atoms with E-state index in [0.717, 1.165) is 48.3 Å². The number of thiazole rings is 1. The van der Waals surface area contributed by atoms with Gasteiger partial charge in [0.1, 0.15) is 0 Å². The van der Waals surface area contributed by atoms with Crippen molar-refractivity contribution < 1.29 is 13.2 Å². The van der Waals surface area contributed by atoms with Crippen LogP contribution in [0.3, 0.4) is 0 Å². The topological polar surface area (TPSA) is 73.8 Å². The molecule has 3 rings (SSSR count). The zero-order valence-electron chi connectivity index (χ0n) is 22.2. The first-order valence-electron chi connectivity index (χ1n) is 12.6. The van der Waals surface area contributed by atoms with Gasteiger partial charge in [0, 0.05) is 32.2 Å². The lowest BCUT2D eigenvalue weighted by Crippen LogP contribution is -2.38. The van der Waals surface area contributed by atoms with E-state index in [1.165, 1.54) is 33.3 Å². The number of aryl methyl sites for hydroxylation is 2. The largest absolute Gasteiger partial charge is 0.302 e. The highest BCUT2D eigenvalue weighted by atomic mass is 32.2. The van der Waals surface area contributed by atoms with E-state index in [-0.39, 0.29) is 10.8 Å². The Morgan fingerprint density at radius 1 is 0.944 bits per heavy atom. The predicted octanol–water partition coefficient (Wildman–Crippen LogP) is 5.32. The van der Waals surface area contributed by atoms with Crippen molar-refractivity contribution in [2.75, 3.05) is 44.7 Å². The Kier molecular flexibility index (Phi) is 9.63. The minimum Gasteiger partial charge on any atom is -0.302 e. The standard InChI is InChI=1S/C27H38N4O3S2/c1-7-10-17-29(6)36(33,34)23-14-12-22(13-15-23)26(32)31(19-18-30(8-2)9-3)27-28-25-21(5)20(4)11-16-24(25)35-27/h11-16H,7-10,17-19H2,1-6H3. The van der Waals surface area contributed by atoms with Crippen LogP contribution in [-0.4, -0.2) is 68.3 Å². The van der Waals surface area contributed by atoms with Crippen LogP contribution in [0.4, 0.5) is 5.13 Å². The van der Waals surface area contributed by atoms with Gasteiger partial charge in [-0.05, 0) is 74.8 Å². The van der Waals surface area contributed by atoms with E-state index in [1.807, 2.05) is 6.92 Å². The smallest absolute Gasteiger partial charge is 0.260 e. The van der Waals surface area contributed by atoms with Crippen molar-refractivity contribution in [1.29, 1.82) is 0 Å². The number of hydrogen-bond donors (Lipinski definition) is 0. The fourth-order valence-corrected chi connectivity index (χ4v) is 6.26. The summed E-state index contributed by atoms with van der Waals surface area (Å²) in [4.78, 5) is 22.8. The molecule has 0 spiro atoms. The van der Waals surface area contributed by atoms with E-state index < -0.39 is 10.0 Å². The van der Waals surface area contributed by atoms with Crippen molar-refractivity contribution in [2.45, 2.75) is 52.4 Å². The molecule has 1 heterocycles. The van der Waals surface area contributed by atoms with Crippen molar-refractivity contribution in [2.24, 2.45) is 0 Å². The number of benzene rings is 2. The summed E-state index contributed by atoms with van der Waals surface area (Å²) >= 11 is 1.51. The number of aromatic nitrogens is 1. The molecule has 9 heteroatoms. The summed E-state index contributed by atoms with van der Waals surface area (Å²) in [5, 5.41) is 0.659. The number of likely N-dealkylation sites (N-methyl/N-ethyl adjacent to an activating group) is 1. The summed E-state index contributed by atoms with van der Waals surface area (Å²) in [6.45, 7) is 13.8.